The van der Waals surface area contributed by atoms with Crippen molar-refractivity contribution in [1.82, 2.24) is 4.98 Å². The largest absolute Gasteiger partial charge is 0.456 e. The van der Waals surface area contributed by atoms with E-state index >= 15 is 0 Å². The van der Waals surface area contributed by atoms with E-state index in [2.05, 4.69) is 4.98 Å². The standard InChI is InChI=1S/C14H13ClN2O2/c1-9-2-3-10(12(15)6-9)8-19-14(18)13-5-4-11(16)7-17-13/h2-7H,8,16H2,1H3. The van der Waals surface area contributed by atoms with Crippen molar-refractivity contribution >= 4 is 23.3 Å². The van der Waals surface area contributed by atoms with Crippen molar-refractivity contribution in [2.24, 2.45) is 0 Å². The van der Waals surface area contributed by atoms with Gasteiger partial charge in [0, 0.05) is 10.6 Å². The molecular formula is C14H13ClN2O2. The molecule has 0 aliphatic carbocycles. The van der Waals surface area contributed by atoms with Crippen molar-refractivity contribution in [3.63, 3.8) is 0 Å². The number of aryl methyl sites for hydroxylation is 1. The number of hydrogen-bond acceptors (Lipinski definition) is 4. The van der Waals surface area contributed by atoms with Crippen LogP contribution in [0.1, 0.15) is 21.6 Å². The average molecular weight is 277 g/mol. The summed E-state index contributed by atoms with van der Waals surface area (Å²) in [7, 11) is 0. The van der Waals surface area contributed by atoms with Crippen LogP contribution in [0.25, 0.3) is 0 Å². The first kappa shape index (κ1) is 13.4. The van der Waals surface area contributed by atoms with Gasteiger partial charge >= 0.3 is 5.97 Å². The summed E-state index contributed by atoms with van der Waals surface area (Å²) in [4.78, 5) is 15.6. The summed E-state index contributed by atoms with van der Waals surface area (Å²) in [5.41, 5.74) is 8.03. The second-order valence-electron chi connectivity index (χ2n) is 4.15. The Morgan fingerprint density at radius 1 is 1.37 bits per heavy atom. The Labute approximate surface area is 116 Å². The topological polar surface area (TPSA) is 65.2 Å². The lowest BCUT2D eigenvalue weighted by molar-refractivity contribution is 0.0466. The molecule has 19 heavy (non-hydrogen) atoms. The van der Waals surface area contributed by atoms with Crippen molar-refractivity contribution in [3.8, 4) is 0 Å². The summed E-state index contributed by atoms with van der Waals surface area (Å²) in [6, 6.07) is 8.70. The number of ether oxygens (including phenoxy) is 1. The van der Waals surface area contributed by atoms with Crippen molar-refractivity contribution in [2.45, 2.75) is 13.5 Å². The van der Waals surface area contributed by atoms with Crippen LogP contribution in [-0.4, -0.2) is 11.0 Å². The van der Waals surface area contributed by atoms with Gasteiger partial charge in [0.25, 0.3) is 0 Å². The Bertz CT molecular complexity index is 597. The molecular weight excluding hydrogens is 264 g/mol. The third kappa shape index (κ3) is 3.45. The van der Waals surface area contributed by atoms with E-state index in [1.807, 2.05) is 25.1 Å². The van der Waals surface area contributed by atoms with Crippen LogP contribution in [0, 0.1) is 6.92 Å². The number of hydrogen-bond donors (Lipinski definition) is 1. The zero-order valence-electron chi connectivity index (χ0n) is 10.4. The van der Waals surface area contributed by atoms with Crippen LogP contribution in [-0.2, 0) is 11.3 Å². The van der Waals surface area contributed by atoms with E-state index in [4.69, 9.17) is 22.1 Å². The van der Waals surface area contributed by atoms with Crippen molar-refractivity contribution < 1.29 is 9.53 Å². The van der Waals surface area contributed by atoms with Gasteiger partial charge in [-0.25, -0.2) is 9.78 Å². The first-order valence-electron chi connectivity index (χ1n) is 5.70. The van der Waals surface area contributed by atoms with E-state index in [1.165, 1.54) is 12.3 Å². The fourth-order valence-corrected chi connectivity index (χ4v) is 1.80. The molecule has 98 valence electrons. The van der Waals surface area contributed by atoms with Gasteiger partial charge in [0.15, 0.2) is 0 Å². The van der Waals surface area contributed by atoms with E-state index in [0.717, 1.165) is 11.1 Å². The molecule has 1 aromatic heterocycles. The number of carbonyl (C=O) groups is 1. The van der Waals surface area contributed by atoms with Crippen LogP contribution in [0.15, 0.2) is 36.5 Å². The number of nitrogens with two attached hydrogens (primary N) is 1. The maximum atomic E-state index is 11.7. The molecule has 1 heterocycles. The highest BCUT2D eigenvalue weighted by molar-refractivity contribution is 6.31. The Morgan fingerprint density at radius 2 is 2.16 bits per heavy atom. The highest BCUT2D eigenvalue weighted by Crippen LogP contribution is 2.18. The van der Waals surface area contributed by atoms with Crippen molar-refractivity contribution in [3.05, 3.63) is 58.4 Å². The molecule has 2 rings (SSSR count). The molecule has 0 saturated heterocycles. The van der Waals surface area contributed by atoms with E-state index in [9.17, 15) is 4.79 Å². The Kier molecular flexibility index (Phi) is 4.02. The van der Waals surface area contributed by atoms with Crippen LogP contribution < -0.4 is 5.73 Å². The van der Waals surface area contributed by atoms with E-state index < -0.39 is 5.97 Å². The van der Waals surface area contributed by atoms with Crippen LogP contribution in [0.2, 0.25) is 5.02 Å². The SMILES string of the molecule is Cc1ccc(COC(=O)c2ccc(N)cn2)c(Cl)c1. The molecule has 0 atom stereocenters. The second-order valence-corrected chi connectivity index (χ2v) is 4.55. The zero-order valence-corrected chi connectivity index (χ0v) is 11.1. The van der Waals surface area contributed by atoms with E-state index in [-0.39, 0.29) is 12.3 Å². The molecule has 2 N–H and O–H groups in total. The first-order valence-corrected chi connectivity index (χ1v) is 6.08. The smallest absolute Gasteiger partial charge is 0.357 e. The number of rotatable bonds is 3. The number of nitrogens with zero attached hydrogens (tertiary/aromatic N) is 1. The van der Waals surface area contributed by atoms with Gasteiger partial charge in [-0.15, -0.1) is 0 Å². The van der Waals surface area contributed by atoms with Crippen LogP contribution >= 0.6 is 11.6 Å². The highest BCUT2D eigenvalue weighted by Gasteiger charge is 2.10. The van der Waals surface area contributed by atoms with Crippen LogP contribution in [0.3, 0.4) is 0 Å². The van der Waals surface area contributed by atoms with Crippen LogP contribution in [0.5, 0.6) is 0 Å². The molecule has 1 aromatic carbocycles. The maximum absolute atomic E-state index is 11.7. The van der Waals surface area contributed by atoms with Crippen LogP contribution in [0.4, 0.5) is 5.69 Å². The number of pyridine rings is 1. The second kappa shape index (κ2) is 5.71. The van der Waals surface area contributed by atoms with E-state index in [1.54, 1.807) is 6.07 Å². The molecule has 0 radical (unpaired) electrons. The van der Waals surface area contributed by atoms with Gasteiger partial charge in [0.1, 0.15) is 12.3 Å². The summed E-state index contributed by atoms with van der Waals surface area (Å²) in [6.07, 6.45) is 1.41. The number of aromatic nitrogens is 1. The summed E-state index contributed by atoms with van der Waals surface area (Å²) in [5, 5.41) is 0.582. The number of carbonyl (C=O) groups excluding carboxylic acids is 1. The summed E-state index contributed by atoms with van der Waals surface area (Å²) in [6.45, 7) is 2.06. The third-order valence-electron chi connectivity index (χ3n) is 2.56. The molecule has 5 heteroatoms. The molecule has 0 unspecified atom stereocenters. The summed E-state index contributed by atoms with van der Waals surface area (Å²) < 4.78 is 5.15. The number of benzene rings is 1. The summed E-state index contributed by atoms with van der Waals surface area (Å²) >= 11 is 6.06. The Morgan fingerprint density at radius 3 is 2.79 bits per heavy atom. The van der Waals surface area contributed by atoms with Gasteiger partial charge in [-0.1, -0.05) is 23.7 Å². The van der Waals surface area contributed by atoms with Gasteiger partial charge < -0.3 is 10.5 Å². The molecule has 0 aliphatic rings. The number of anilines is 1. The maximum Gasteiger partial charge on any atom is 0.357 e. The average Bonchev–Trinajstić information content (AvgIpc) is 2.38. The molecule has 0 saturated carbocycles. The number of nitrogen functional groups attached to an aromatic ring is 1. The van der Waals surface area contributed by atoms with Gasteiger partial charge in [-0.2, -0.15) is 0 Å². The van der Waals surface area contributed by atoms with Gasteiger partial charge in [0.2, 0.25) is 0 Å². The fourth-order valence-electron chi connectivity index (χ4n) is 1.51. The minimum atomic E-state index is -0.503. The van der Waals surface area contributed by atoms with Gasteiger partial charge in [0.05, 0.1) is 11.9 Å². The predicted octanol–water partition coefficient (Wildman–Crippen LogP) is 2.98. The predicted molar refractivity (Wildman–Crippen MR) is 74.0 cm³/mol. The third-order valence-corrected chi connectivity index (χ3v) is 2.91. The minimum absolute atomic E-state index is 0.115. The highest BCUT2D eigenvalue weighted by atomic mass is 35.5. The Hall–Kier alpha value is -2.07. The summed E-state index contributed by atoms with van der Waals surface area (Å²) in [5.74, 6) is -0.503. The number of halogens is 1. The normalized spacial score (nSPS) is 10.2. The quantitative estimate of drug-likeness (QED) is 0.875. The molecule has 2 aromatic rings. The molecule has 0 aliphatic heterocycles. The van der Waals surface area contributed by atoms with Gasteiger partial charge in [-0.05, 0) is 30.7 Å². The monoisotopic (exact) mass is 276 g/mol. The Balaban J connectivity index is 2.02. The van der Waals surface area contributed by atoms with Gasteiger partial charge in [-0.3, -0.25) is 0 Å². The lowest BCUT2D eigenvalue weighted by Crippen LogP contribution is -2.07. The van der Waals surface area contributed by atoms with Crippen molar-refractivity contribution in [2.75, 3.05) is 5.73 Å². The molecule has 0 bridgehead atoms. The zero-order chi connectivity index (χ0) is 13.8. The van der Waals surface area contributed by atoms with E-state index in [0.29, 0.717) is 10.7 Å². The number of esters is 1. The fraction of sp³-hybridized carbons (Fsp3) is 0.143. The molecule has 0 spiro atoms. The van der Waals surface area contributed by atoms with Crippen molar-refractivity contribution in [1.29, 1.82) is 0 Å². The lowest BCUT2D eigenvalue weighted by Gasteiger charge is -2.07. The first-order chi connectivity index (χ1) is 9.06. The molecule has 0 amide bonds. The molecule has 0 fully saturated rings. The minimum Gasteiger partial charge on any atom is -0.456 e. The lowest BCUT2D eigenvalue weighted by atomic mass is 10.2. The molecule has 4 nitrogen and oxygen atoms in total.